The molecular weight excluding hydrogens is 607 g/mol. The molecule has 0 spiro atoms. The molecule has 0 radical (unpaired) electrons. The van der Waals surface area contributed by atoms with E-state index in [1.807, 2.05) is 12.1 Å². The van der Waals surface area contributed by atoms with Gasteiger partial charge in [-0.1, -0.05) is 140 Å². The fraction of sp³-hybridized carbons (Fsp3) is 0. The van der Waals surface area contributed by atoms with E-state index in [2.05, 4.69) is 181 Å². The lowest BCUT2D eigenvalue weighted by Gasteiger charge is -2.28. The minimum Gasteiger partial charge on any atom is -0.456 e. The molecule has 9 aromatic carbocycles. The maximum absolute atomic E-state index is 6.36. The molecule has 10 rings (SSSR count). The third-order valence-corrected chi connectivity index (χ3v) is 10.1. The largest absolute Gasteiger partial charge is 0.456 e. The zero-order valence-electron chi connectivity index (χ0n) is 27.3. The van der Waals surface area contributed by atoms with E-state index in [1.54, 1.807) is 0 Å². The summed E-state index contributed by atoms with van der Waals surface area (Å²) in [7, 11) is 0. The van der Waals surface area contributed by atoms with Crippen molar-refractivity contribution in [2.45, 2.75) is 0 Å². The average molecular weight is 638 g/mol. The third-order valence-electron chi connectivity index (χ3n) is 10.1. The molecule has 0 atom stereocenters. The van der Waals surface area contributed by atoms with Gasteiger partial charge >= 0.3 is 0 Å². The van der Waals surface area contributed by atoms with Gasteiger partial charge < -0.3 is 9.32 Å². The van der Waals surface area contributed by atoms with Gasteiger partial charge in [0.2, 0.25) is 0 Å². The van der Waals surface area contributed by atoms with Crippen LogP contribution in [0.15, 0.2) is 192 Å². The van der Waals surface area contributed by atoms with Gasteiger partial charge in [0.25, 0.3) is 0 Å². The van der Waals surface area contributed by atoms with E-state index >= 15 is 0 Å². The number of hydrogen-bond donors (Lipinski definition) is 0. The standard InChI is InChI=1S/C48H31NO/c1-2-10-33(11-3-1)41-14-6-8-16-46(41)49(38-25-29-45-44-15-7-9-17-47(44)50-48(45)31-38)37-23-18-32(19-24-37)35-21-26-40-36(30-35)22-28-42-39-13-5-4-12-34(39)20-27-43(40)42/h1-31H. The first-order valence-electron chi connectivity index (χ1n) is 17.1. The van der Waals surface area contributed by atoms with Crippen LogP contribution in [0.25, 0.3) is 76.5 Å². The number of fused-ring (bicyclic) bond motifs is 8. The molecule has 0 unspecified atom stereocenters. The Labute approximate surface area is 290 Å². The van der Waals surface area contributed by atoms with Crippen LogP contribution in [0.1, 0.15) is 0 Å². The fourth-order valence-electron chi connectivity index (χ4n) is 7.62. The van der Waals surface area contributed by atoms with Crippen LogP contribution >= 0.6 is 0 Å². The highest BCUT2D eigenvalue weighted by Crippen LogP contribution is 2.43. The molecule has 234 valence electrons. The van der Waals surface area contributed by atoms with E-state index < -0.39 is 0 Å². The molecule has 0 aliphatic heterocycles. The van der Waals surface area contributed by atoms with E-state index in [9.17, 15) is 0 Å². The molecule has 0 amide bonds. The van der Waals surface area contributed by atoms with Crippen LogP contribution in [0, 0.1) is 0 Å². The zero-order chi connectivity index (χ0) is 33.0. The molecule has 0 aliphatic rings. The van der Waals surface area contributed by atoms with Gasteiger partial charge in [0.05, 0.1) is 5.69 Å². The molecule has 10 aromatic rings. The Hall–Kier alpha value is -6.64. The van der Waals surface area contributed by atoms with Crippen molar-refractivity contribution in [3.8, 4) is 22.3 Å². The second-order valence-electron chi connectivity index (χ2n) is 12.9. The first-order chi connectivity index (χ1) is 24.8. The van der Waals surface area contributed by atoms with Crippen LogP contribution in [0.5, 0.6) is 0 Å². The normalized spacial score (nSPS) is 11.6. The summed E-state index contributed by atoms with van der Waals surface area (Å²) in [5, 5.41) is 9.92. The van der Waals surface area contributed by atoms with Crippen molar-refractivity contribution >= 4 is 71.3 Å². The van der Waals surface area contributed by atoms with Crippen LogP contribution in [0.3, 0.4) is 0 Å². The van der Waals surface area contributed by atoms with E-state index in [1.165, 1.54) is 49.0 Å². The smallest absolute Gasteiger partial charge is 0.137 e. The van der Waals surface area contributed by atoms with Crippen LogP contribution in [0.4, 0.5) is 17.1 Å². The number of nitrogens with zero attached hydrogens (tertiary/aromatic N) is 1. The Kier molecular flexibility index (Phi) is 6.53. The Morgan fingerprint density at radius 3 is 1.78 bits per heavy atom. The molecular formula is C48H31NO. The van der Waals surface area contributed by atoms with Crippen LogP contribution in [-0.4, -0.2) is 0 Å². The molecule has 1 heterocycles. The minimum absolute atomic E-state index is 0.874. The minimum atomic E-state index is 0.874. The van der Waals surface area contributed by atoms with Gasteiger partial charge in [0, 0.05) is 33.8 Å². The monoisotopic (exact) mass is 637 g/mol. The van der Waals surface area contributed by atoms with E-state index in [0.717, 1.165) is 44.6 Å². The predicted octanol–water partition coefficient (Wildman–Crippen LogP) is 13.8. The maximum atomic E-state index is 6.36. The van der Waals surface area contributed by atoms with E-state index in [0.29, 0.717) is 0 Å². The van der Waals surface area contributed by atoms with Crippen molar-refractivity contribution in [3.05, 3.63) is 188 Å². The van der Waals surface area contributed by atoms with Gasteiger partial charge in [0.15, 0.2) is 0 Å². The van der Waals surface area contributed by atoms with Crippen molar-refractivity contribution < 1.29 is 4.42 Å². The molecule has 2 nitrogen and oxygen atoms in total. The van der Waals surface area contributed by atoms with Gasteiger partial charge in [-0.2, -0.15) is 0 Å². The summed E-state index contributed by atoms with van der Waals surface area (Å²) in [6, 6.07) is 67.5. The summed E-state index contributed by atoms with van der Waals surface area (Å²) in [6.45, 7) is 0. The molecule has 0 saturated carbocycles. The molecule has 50 heavy (non-hydrogen) atoms. The lowest BCUT2D eigenvalue weighted by atomic mass is 9.95. The van der Waals surface area contributed by atoms with Crippen LogP contribution in [-0.2, 0) is 0 Å². The SMILES string of the molecule is c1ccc(-c2ccccc2N(c2ccc(-c3ccc4c(ccc5c6ccccc6ccc45)c3)cc2)c2ccc3c(c2)oc2ccccc23)cc1. The molecule has 1 aromatic heterocycles. The predicted molar refractivity (Wildman–Crippen MR) is 212 cm³/mol. The summed E-state index contributed by atoms with van der Waals surface area (Å²) in [4.78, 5) is 2.34. The number of benzene rings is 9. The van der Waals surface area contributed by atoms with Gasteiger partial charge in [-0.3, -0.25) is 0 Å². The van der Waals surface area contributed by atoms with Crippen LogP contribution in [0.2, 0.25) is 0 Å². The van der Waals surface area contributed by atoms with Crippen molar-refractivity contribution in [1.29, 1.82) is 0 Å². The van der Waals surface area contributed by atoms with Crippen molar-refractivity contribution in [2.75, 3.05) is 4.90 Å². The summed E-state index contributed by atoms with van der Waals surface area (Å²) in [5.74, 6) is 0. The summed E-state index contributed by atoms with van der Waals surface area (Å²) in [5.41, 5.74) is 9.71. The highest BCUT2D eigenvalue weighted by Gasteiger charge is 2.19. The van der Waals surface area contributed by atoms with Gasteiger partial charge in [-0.05, 0) is 91.5 Å². The van der Waals surface area contributed by atoms with Crippen LogP contribution < -0.4 is 4.90 Å². The van der Waals surface area contributed by atoms with Crippen molar-refractivity contribution in [3.63, 3.8) is 0 Å². The zero-order valence-corrected chi connectivity index (χ0v) is 27.3. The summed E-state index contributed by atoms with van der Waals surface area (Å²) in [6.07, 6.45) is 0. The van der Waals surface area contributed by atoms with Crippen molar-refractivity contribution in [2.24, 2.45) is 0 Å². The molecule has 0 saturated heterocycles. The summed E-state index contributed by atoms with van der Waals surface area (Å²) >= 11 is 0. The highest BCUT2D eigenvalue weighted by molar-refractivity contribution is 6.17. The van der Waals surface area contributed by atoms with Crippen molar-refractivity contribution in [1.82, 2.24) is 0 Å². The lowest BCUT2D eigenvalue weighted by molar-refractivity contribution is 0.669. The number of para-hydroxylation sites is 2. The third kappa shape index (κ3) is 4.65. The van der Waals surface area contributed by atoms with E-state index in [-0.39, 0.29) is 0 Å². The molecule has 0 bridgehead atoms. The summed E-state index contributed by atoms with van der Waals surface area (Å²) < 4.78 is 6.36. The van der Waals surface area contributed by atoms with Gasteiger partial charge in [0.1, 0.15) is 11.2 Å². The Bertz CT molecular complexity index is 2870. The Morgan fingerprint density at radius 1 is 0.320 bits per heavy atom. The molecule has 2 heteroatoms. The second kappa shape index (κ2) is 11.5. The second-order valence-corrected chi connectivity index (χ2v) is 12.9. The highest BCUT2D eigenvalue weighted by atomic mass is 16.3. The fourth-order valence-corrected chi connectivity index (χ4v) is 7.62. The number of rotatable bonds is 5. The maximum Gasteiger partial charge on any atom is 0.137 e. The first kappa shape index (κ1) is 28.4. The van der Waals surface area contributed by atoms with E-state index in [4.69, 9.17) is 4.42 Å². The molecule has 0 N–H and O–H groups in total. The average Bonchev–Trinajstić information content (AvgIpc) is 3.56. The topological polar surface area (TPSA) is 16.4 Å². The number of anilines is 3. The molecule has 0 fully saturated rings. The number of hydrogen-bond acceptors (Lipinski definition) is 2. The Balaban J connectivity index is 1.09. The quantitative estimate of drug-likeness (QED) is 0.175. The Morgan fingerprint density at radius 2 is 0.920 bits per heavy atom. The molecule has 0 aliphatic carbocycles. The van der Waals surface area contributed by atoms with Gasteiger partial charge in [-0.25, -0.2) is 0 Å². The lowest BCUT2D eigenvalue weighted by Crippen LogP contribution is -2.11. The first-order valence-corrected chi connectivity index (χ1v) is 17.1. The number of furan rings is 1. The van der Waals surface area contributed by atoms with Gasteiger partial charge in [-0.15, -0.1) is 0 Å².